The van der Waals surface area contributed by atoms with Gasteiger partial charge in [-0.3, -0.25) is 0 Å². The largest absolute Gasteiger partial charge is 0.497 e. The van der Waals surface area contributed by atoms with Crippen molar-refractivity contribution in [1.82, 2.24) is 0 Å². The van der Waals surface area contributed by atoms with E-state index in [1.165, 1.54) is 0 Å². The lowest BCUT2D eigenvalue weighted by Crippen LogP contribution is -2.18. The molecule has 0 atom stereocenters. The molecule has 1 aromatic rings. The van der Waals surface area contributed by atoms with Gasteiger partial charge in [0, 0.05) is 5.57 Å². The molecule has 0 fully saturated rings. The number of oxime groups is 1. The number of nitrogens with zero attached hydrogens (tertiary/aromatic N) is 1. The molecule has 1 aromatic carbocycles. The summed E-state index contributed by atoms with van der Waals surface area (Å²) in [5, 5.41) is 11.5. The molecule has 0 aliphatic heterocycles. The van der Waals surface area contributed by atoms with Crippen molar-refractivity contribution >= 4 is 17.5 Å². The van der Waals surface area contributed by atoms with Crippen molar-refractivity contribution in [2.45, 2.75) is 0 Å². The van der Waals surface area contributed by atoms with Crippen molar-refractivity contribution in [3.8, 4) is 5.75 Å². The Morgan fingerprint density at radius 1 is 1.50 bits per heavy atom. The quantitative estimate of drug-likeness (QED) is 0.319. The maximum absolute atomic E-state index is 8.51. The van der Waals surface area contributed by atoms with Crippen molar-refractivity contribution < 1.29 is 9.94 Å². The summed E-state index contributed by atoms with van der Waals surface area (Å²) in [7, 11) is 1.60. The van der Waals surface area contributed by atoms with E-state index >= 15 is 0 Å². The van der Waals surface area contributed by atoms with Crippen molar-refractivity contribution in [3.05, 3.63) is 29.3 Å². The van der Waals surface area contributed by atoms with Gasteiger partial charge in [-0.2, -0.15) is 0 Å². The van der Waals surface area contributed by atoms with Gasteiger partial charge in [-0.25, -0.2) is 0 Å². The van der Waals surface area contributed by atoms with E-state index in [0.717, 1.165) is 22.4 Å². The van der Waals surface area contributed by atoms with Gasteiger partial charge in [0.1, 0.15) is 5.75 Å². The molecule has 0 bridgehead atoms. The summed E-state index contributed by atoms with van der Waals surface area (Å²) in [5.41, 5.74) is 8.26. The van der Waals surface area contributed by atoms with Crippen LogP contribution in [0, 0.1) is 0 Å². The van der Waals surface area contributed by atoms with E-state index in [9.17, 15) is 0 Å². The Morgan fingerprint density at radius 3 is 2.93 bits per heavy atom. The number of hydrogen-bond donors (Lipinski definition) is 2. The molecule has 0 saturated carbocycles. The predicted molar refractivity (Wildman–Crippen MR) is 54.3 cm³/mol. The summed E-state index contributed by atoms with van der Waals surface area (Å²) in [4.78, 5) is 0. The standard InChI is InChI=1S/C10H10N2O2/c1-14-7-3-2-6-4-9(8(6)5-7)10(11)12-13/h2-5,13H,1H3,(H2,11,12). The fourth-order valence-electron chi connectivity index (χ4n) is 1.44. The monoisotopic (exact) mass is 190 g/mol. The zero-order valence-electron chi connectivity index (χ0n) is 7.69. The van der Waals surface area contributed by atoms with Gasteiger partial charge in [0.15, 0.2) is 5.84 Å². The van der Waals surface area contributed by atoms with Crippen LogP contribution in [0.2, 0.25) is 0 Å². The van der Waals surface area contributed by atoms with Crippen molar-refractivity contribution in [3.63, 3.8) is 0 Å². The third-order valence-electron chi connectivity index (χ3n) is 2.23. The van der Waals surface area contributed by atoms with Crippen LogP contribution >= 0.6 is 0 Å². The van der Waals surface area contributed by atoms with Crippen LogP contribution in [0.5, 0.6) is 5.75 Å². The second kappa shape index (κ2) is 3.06. The number of methoxy groups -OCH3 is 1. The fourth-order valence-corrected chi connectivity index (χ4v) is 1.44. The summed E-state index contributed by atoms with van der Waals surface area (Å²) < 4.78 is 5.08. The van der Waals surface area contributed by atoms with Crippen LogP contribution in [0.1, 0.15) is 11.1 Å². The molecule has 0 unspecified atom stereocenters. The molecule has 4 nitrogen and oxygen atoms in total. The van der Waals surface area contributed by atoms with Gasteiger partial charge >= 0.3 is 0 Å². The minimum atomic E-state index is 0.130. The van der Waals surface area contributed by atoms with E-state index in [1.54, 1.807) is 7.11 Å². The average Bonchev–Trinajstić information content (AvgIpc) is 2.19. The summed E-state index contributed by atoms with van der Waals surface area (Å²) in [6.07, 6.45) is 1.86. The number of rotatable bonds is 2. The molecule has 0 saturated heterocycles. The smallest absolute Gasteiger partial charge is 0.170 e. The van der Waals surface area contributed by atoms with Crippen LogP contribution in [-0.4, -0.2) is 18.2 Å². The summed E-state index contributed by atoms with van der Waals surface area (Å²) >= 11 is 0. The highest BCUT2D eigenvalue weighted by atomic mass is 16.5. The number of nitrogens with two attached hydrogens (primary N) is 1. The highest BCUT2D eigenvalue weighted by molar-refractivity contribution is 6.31. The van der Waals surface area contributed by atoms with Gasteiger partial charge in [0.05, 0.1) is 7.11 Å². The second-order valence-electron chi connectivity index (χ2n) is 3.00. The van der Waals surface area contributed by atoms with E-state index in [4.69, 9.17) is 15.7 Å². The SMILES string of the molecule is COc1ccc2c(c1)C(C(N)=NO)=C2. The lowest BCUT2D eigenvalue weighted by atomic mass is 9.88. The number of hydrogen-bond acceptors (Lipinski definition) is 3. The van der Waals surface area contributed by atoms with Crippen LogP contribution in [0.4, 0.5) is 0 Å². The first-order valence-corrected chi connectivity index (χ1v) is 4.14. The van der Waals surface area contributed by atoms with Crippen molar-refractivity contribution in [2.75, 3.05) is 7.11 Å². The molecule has 4 heteroatoms. The number of ether oxygens (including phenoxy) is 1. The van der Waals surface area contributed by atoms with Crippen LogP contribution in [0.15, 0.2) is 23.4 Å². The molecular weight excluding hydrogens is 180 g/mol. The minimum absolute atomic E-state index is 0.130. The maximum Gasteiger partial charge on any atom is 0.170 e. The lowest BCUT2D eigenvalue weighted by molar-refractivity contribution is 0.319. The Labute approximate surface area is 81.3 Å². The van der Waals surface area contributed by atoms with Gasteiger partial charge in [-0.1, -0.05) is 11.2 Å². The molecule has 72 valence electrons. The third kappa shape index (κ3) is 1.12. The molecule has 0 radical (unpaired) electrons. The van der Waals surface area contributed by atoms with Crippen molar-refractivity contribution in [1.29, 1.82) is 0 Å². The van der Waals surface area contributed by atoms with Gasteiger partial charge in [-0.05, 0) is 29.3 Å². The Balaban J connectivity index is 2.38. The molecule has 0 aromatic heterocycles. The normalized spacial score (nSPS) is 14.1. The Bertz CT molecular complexity index is 436. The van der Waals surface area contributed by atoms with Crippen LogP contribution in [-0.2, 0) is 0 Å². The maximum atomic E-state index is 8.51. The van der Waals surface area contributed by atoms with Gasteiger partial charge in [0.25, 0.3) is 0 Å². The zero-order valence-corrected chi connectivity index (χ0v) is 7.69. The molecule has 0 heterocycles. The molecule has 14 heavy (non-hydrogen) atoms. The Morgan fingerprint density at radius 2 is 2.29 bits per heavy atom. The topological polar surface area (TPSA) is 67.8 Å². The van der Waals surface area contributed by atoms with Crippen LogP contribution in [0.3, 0.4) is 0 Å². The summed E-state index contributed by atoms with van der Waals surface area (Å²) in [5.74, 6) is 0.894. The molecule has 0 spiro atoms. The fraction of sp³-hybridized carbons (Fsp3) is 0.100. The van der Waals surface area contributed by atoms with E-state index in [-0.39, 0.29) is 5.84 Å². The molecular formula is C10H10N2O2. The molecule has 0 amide bonds. The minimum Gasteiger partial charge on any atom is -0.497 e. The van der Waals surface area contributed by atoms with Crippen LogP contribution in [0.25, 0.3) is 11.6 Å². The summed E-state index contributed by atoms with van der Waals surface area (Å²) in [6.45, 7) is 0. The van der Waals surface area contributed by atoms with Crippen LogP contribution < -0.4 is 10.5 Å². The van der Waals surface area contributed by atoms with Gasteiger partial charge in [-0.15, -0.1) is 0 Å². The van der Waals surface area contributed by atoms with Crippen molar-refractivity contribution in [2.24, 2.45) is 10.9 Å². The zero-order chi connectivity index (χ0) is 10.1. The highest BCUT2D eigenvalue weighted by Gasteiger charge is 2.19. The number of amidine groups is 1. The average molecular weight is 190 g/mol. The predicted octanol–water partition coefficient (Wildman–Crippen LogP) is 1.30. The van der Waals surface area contributed by atoms with Gasteiger partial charge < -0.3 is 15.7 Å². The van der Waals surface area contributed by atoms with Gasteiger partial charge in [0.2, 0.25) is 0 Å². The number of benzene rings is 1. The first-order chi connectivity index (χ1) is 6.76. The molecule has 1 aliphatic rings. The van der Waals surface area contributed by atoms with E-state index < -0.39 is 0 Å². The third-order valence-corrected chi connectivity index (χ3v) is 2.23. The first kappa shape index (κ1) is 8.62. The second-order valence-corrected chi connectivity index (χ2v) is 3.00. The number of fused-ring (bicyclic) bond motifs is 1. The summed E-state index contributed by atoms with van der Waals surface area (Å²) in [6, 6.07) is 5.67. The van der Waals surface area contributed by atoms with E-state index in [2.05, 4.69) is 5.16 Å². The molecule has 3 N–H and O–H groups in total. The lowest BCUT2D eigenvalue weighted by Gasteiger charge is -2.19. The van der Waals surface area contributed by atoms with E-state index in [1.807, 2.05) is 24.3 Å². The highest BCUT2D eigenvalue weighted by Crippen LogP contribution is 2.34. The Kier molecular flexibility index (Phi) is 1.89. The van der Waals surface area contributed by atoms with E-state index in [0.29, 0.717) is 0 Å². The molecule has 1 aliphatic carbocycles. The first-order valence-electron chi connectivity index (χ1n) is 4.14. The Hall–Kier alpha value is -1.97. The molecule has 2 rings (SSSR count).